The molecule has 0 spiro atoms. The van der Waals surface area contributed by atoms with E-state index in [4.69, 9.17) is 4.74 Å². The van der Waals surface area contributed by atoms with Gasteiger partial charge in [0.15, 0.2) is 0 Å². The van der Waals surface area contributed by atoms with E-state index in [-0.39, 0.29) is 30.0 Å². The monoisotopic (exact) mass is 427 g/mol. The number of para-hydroxylation sites is 3. The van der Waals surface area contributed by atoms with Crippen molar-refractivity contribution in [1.29, 1.82) is 0 Å². The predicted molar refractivity (Wildman–Crippen MR) is 118 cm³/mol. The van der Waals surface area contributed by atoms with Crippen molar-refractivity contribution in [3.8, 4) is 5.75 Å². The molecule has 8 heteroatoms. The Balaban J connectivity index is 1.73. The maximum absolute atomic E-state index is 12.9. The maximum Gasteiger partial charge on any atom is 0.286 e. The van der Waals surface area contributed by atoms with E-state index in [1.807, 2.05) is 37.3 Å². The second-order valence-corrected chi connectivity index (χ2v) is 8.05. The highest BCUT2D eigenvalue weighted by atomic mass is 32.2. The van der Waals surface area contributed by atoms with Crippen LogP contribution in [0.15, 0.2) is 53.4 Å². The normalized spacial score (nSPS) is 15.8. The van der Waals surface area contributed by atoms with Crippen LogP contribution in [0.5, 0.6) is 5.75 Å². The van der Waals surface area contributed by atoms with Gasteiger partial charge in [-0.3, -0.25) is 14.4 Å². The largest absolute Gasteiger partial charge is 0.492 e. The van der Waals surface area contributed by atoms with Gasteiger partial charge in [0.05, 0.1) is 23.9 Å². The van der Waals surface area contributed by atoms with E-state index < -0.39 is 5.92 Å². The third-order valence-electron chi connectivity index (χ3n) is 4.66. The third-order valence-corrected chi connectivity index (χ3v) is 5.77. The average Bonchev–Trinajstić information content (AvgIpc) is 3.11. The lowest BCUT2D eigenvalue weighted by atomic mass is 10.1. The van der Waals surface area contributed by atoms with E-state index in [9.17, 15) is 14.4 Å². The minimum atomic E-state index is -0.491. The Morgan fingerprint density at radius 3 is 2.60 bits per heavy atom. The number of anilines is 2. The Kier molecular flexibility index (Phi) is 6.99. The molecule has 2 aromatic carbocycles. The van der Waals surface area contributed by atoms with E-state index in [1.165, 1.54) is 4.90 Å². The van der Waals surface area contributed by atoms with Crippen LogP contribution in [0.3, 0.4) is 0 Å². The van der Waals surface area contributed by atoms with Gasteiger partial charge < -0.3 is 19.9 Å². The number of carbonyl (C=O) groups is 3. The second kappa shape index (κ2) is 9.67. The highest BCUT2D eigenvalue weighted by Gasteiger charge is 2.36. The molecule has 1 saturated heterocycles. The maximum atomic E-state index is 12.9. The van der Waals surface area contributed by atoms with Crippen LogP contribution in [0.1, 0.15) is 13.3 Å². The summed E-state index contributed by atoms with van der Waals surface area (Å²) >= 11 is 1.05. The van der Waals surface area contributed by atoms with Crippen LogP contribution in [0.25, 0.3) is 0 Å². The summed E-state index contributed by atoms with van der Waals surface area (Å²) in [7, 11) is 3.35. The lowest BCUT2D eigenvalue weighted by Crippen LogP contribution is -2.28. The molecule has 0 aromatic heterocycles. The standard InChI is InChI=1S/C22H25N3O4S/c1-4-29-18-11-7-6-10-17(18)25-14-15(13-20(25)26)21(27)23-16-9-5-8-12-19(16)30-22(28)24(2)3/h5-12,15H,4,13-14H2,1-3H3,(H,23,27). The Morgan fingerprint density at radius 2 is 1.87 bits per heavy atom. The zero-order chi connectivity index (χ0) is 21.7. The van der Waals surface area contributed by atoms with Crippen molar-refractivity contribution in [1.82, 2.24) is 4.90 Å². The third kappa shape index (κ3) is 4.94. The summed E-state index contributed by atoms with van der Waals surface area (Å²) < 4.78 is 5.63. The van der Waals surface area contributed by atoms with Crippen molar-refractivity contribution in [2.45, 2.75) is 18.2 Å². The minimum Gasteiger partial charge on any atom is -0.492 e. The second-order valence-electron chi connectivity index (χ2n) is 7.05. The zero-order valence-corrected chi connectivity index (χ0v) is 18.1. The quantitative estimate of drug-likeness (QED) is 0.709. The molecular formula is C22H25N3O4S. The molecule has 1 heterocycles. The van der Waals surface area contributed by atoms with Gasteiger partial charge in [-0.2, -0.15) is 0 Å². The smallest absolute Gasteiger partial charge is 0.286 e. The number of nitrogens with one attached hydrogen (secondary N) is 1. The summed E-state index contributed by atoms with van der Waals surface area (Å²) in [6, 6.07) is 14.5. The fraction of sp³-hybridized carbons (Fsp3) is 0.318. The average molecular weight is 428 g/mol. The van der Waals surface area contributed by atoms with E-state index >= 15 is 0 Å². The first-order chi connectivity index (χ1) is 14.4. The van der Waals surface area contributed by atoms with Gasteiger partial charge in [0, 0.05) is 32.0 Å². The Morgan fingerprint density at radius 1 is 1.17 bits per heavy atom. The highest BCUT2D eigenvalue weighted by molar-refractivity contribution is 8.13. The number of rotatable bonds is 6. The molecule has 0 aliphatic carbocycles. The lowest BCUT2D eigenvalue weighted by molar-refractivity contribution is -0.122. The fourth-order valence-corrected chi connectivity index (χ4v) is 3.90. The molecule has 1 N–H and O–H groups in total. The number of hydrogen-bond donors (Lipinski definition) is 1. The van der Waals surface area contributed by atoms with Crippen LogP contribution in [0.4, 0.5) is 16.2 Å². The highest BCUT2D eigenvalue weighted by Crippen LogP contribution is 2.34. The molecule has 3 amide bonds. The molecule has 1 atom stereocenters. The van der Waals surface area contributed by atoms with Gasteiger partial charge in [0.1, 0.15) is 5.75 Å². The zero-order valence-electron chi connectivity index (χ0n) is 17.3. The molecular weight excluding hydrogens is 402 g/mol. The molecule has 3 rings (SSSR count). The summed E-state index contributed by atoms with van der Waals surface area (Å²) in [5, 5.41) is 2.76. The van der Waals surface area contributed by atoms with Gasteiger partial charge in [-0.15, -0.1) is 0 Å². The van der Waals surface area contributed by atoms with Gasteiger partial charge in [-0.05, 0) is 43.0 Å². The topological polar surface area (TPSA) is 79.0 Å². The molecule has 0 radical (unpaired) electrons. The molecule has 1 aliphatic rings. The predicted octanol–water partition coefficient (Wildman–Crippen LogP) is 3.85. The van der Waals surface area contributed by atoms with Crippen LogP contribution in [0.2, 0.25) is 0 Å². The Bertz CT molecular complexity index is 947. The van der Waals surface area contributed by atoms with Gasteiger partial charge in [-0.1, -0.05) is 24.3 Å². The van der Waals surface area contributed by atoms with Crippen molar-refractivity contribution in [3.63, 3.8) is 0 Å². The minimum absolute atomic E-state index is 0.118. The number of nitrogens with zero attached hydrogens (tertiary/aromatic N) is 2. The number of benzene rings is 2. The summed E-state index contributed by atoms with van der Waals surface area (Å²) in [5.41, 5.74) is 1.23. The van der Waals surface area contributed by atoms with Crippen molar-refractivity contribution >= 4 is 40.2 Å². The van der Waals surface area contributed by atoms with Crippen LogP contribution in [-0.2, 0) is 9.59 Å². The van der Waals surface area contributed by atoms with Crippen molar-refractivity contribution < 1.29 is 19.1 Å². The van der Waals surface area contributed by atoms with Crippen LogP contribution in [0, 0.1) is 5.92 Å². The number of carbonyl (C=O) groups excluding carboxylic acids is 3. The summed E-state index contributed by atoms with van der Waals surface area (Å²) in [4.78, 5) is 41.3. The molecule has 2 aromatic rings. The van der Waals surface area contributed by atoms with Crippen molar-refractivity contribution in [2.24, 2.45) is 5.92 Å². The van der Waals surface area contributed by atoms with Gasteiger partial charge in [-0.25, -0.2) is 0 Å². The number of amides is 3. The first-order valence-corrected chi connectivity index (χ1v) is 10.5. The summed E-state index contributed by atoms with van der Waals surface area (Å²) in [6.45, 7) is 2.65. The SMILES string of the molecule is CCOc1ccccc1N1CC(C(=O)Nc2ccccc2SC(=O)N(C)C)CC1=O. The molecule has 0 saturated carbocycles. The molecule has 1 fully saturated rings. The van der Waals surface area contributed by atoms with E-state index in [0.717, 1.165) is 11.8 Å². The number of ether oxygens (including phenoxy) is 1. The van der Waals surface area contributed by atoms with Crippen molar-refractivity contribution in [2.75, 3.05) is 37.5 Å². The van der Waals surface area contributed by atoms with Crippen molar-refractivity contribution in [3.05, 3.63) is 48.5 Å². The summed E-state index contributed by atoms with van der Waals surface area (Å²) in [6.07, 6.45) is 0.123. The molecule has 7 nitrogen and oxygen atoms in total. The number of thioether (sulfide) groups is 1. The summed E-state index contributed by atoms with van der Waals surface area (Å²) in [5.74, 6) is -0.231. The molecule has 30 heavy (non-hydrogen) atoms. The van der Waals surface area contributed by atoms with E-state index in [2.05, 4.69) is 5.32 Å². The molecule has 158 valence electrons. The molecule has 0 bridgehead atoms. The van der Waals surface area contributed by atoms with Crippen LogP contribution >= 0.6 is 11.8 Å². The van der Waals surface area contributed by atoms with Gasteiger partial charge >= 0.3 is 0 Å². The molecule has 1 unspecified atom stereocenters. The Hall–Kier alpha value is -3.00. The lowest BCUT2D eigenvalue weighted by Gasteiger charge is -2.20. The molecule has 1 aliphatic heterocycles. The first kappa shape index (κ1) is 21.7. The Labute approximate surface area is 180 Å². The fourth-order valence-electron chi connectivity index (χ4n) is 3.15. The van der Waals surface area contributed by atoms with Gasteiger partial charge in [0.2, 0.25) is 11.8 Å². The van der Waals surface area contributed by atoms with Gasteiger partial charge in [0.25, 0.3) is 5.24 Å². The van der Waals surface area contributed by atoms with Crippen LogP contribution in [-0.4, -0.2) is 49.2 Å². The first-order valence-electron chi connectivity index (χ1n) is 9.72. The van der Waals surface area contributed by atoms with E-state index in [1.54, 1.807) is 37.2 Å². The number of hydrogen-bond acceptors (Lipinski definition) is 5. The van der Waals surface area contributed by atoms with E-state index in [0.29, 0.717) is 28.6 Å². The van der Waals surface area contributed by atoms with Crippen LogP contribution < -0.4 is 15.0 Å².